The summed E-state index contributed by atoms with van der Waals surface area (Å²) in [7, 11) is 0. The topological polar surface area (TPSA) is 40.0 Å². The molecule has 0 fully saturated rings. The van der Waals surface area contributed by atoms with Gasteiger partial charge in [-0.2, -0.15) is 0 Å². The summed E-state index contributed by atoms with van der Waals surface area (Å²) in [5.41, 5.74) is 9.36. The van der Waals surface area contributed by atoms with Gasteiger partial charge in [0.15, 0.2) is 5.16 Å². The SMILES string of the molecule is C/C(=C(Cl)/[NH+]=C(/N)C(C)c1ccccc1)c1ccccc1.[Cl-]. The summed E-state index contributed by atoms with van der Waals surface area (Å²) < 4.78 is 0. The molecule has 0 radical (unpaired) electrons. The zero-order chi connectivity index (χ0) is 15.2. The zero-order valence-electron chi connectivity index (χ0n) is 12.7. The Morgan fingerprint density at radius 1 is 1.00 bits per heavy atom. The molecule has 4 heteroatoms. The Kier molecular flexibility index (Phi) is 7.16. The molecule has 22 heavy (non-hydrogen) atoms. The van der Waals surface area contributed by atoms with Crippen molar-refractivity contribution in [3.63, 3.8) is 0 Å². The molecule has 0 aliphatic carbocycles. The molecule has 116 valence electrons. The first kappa shape index (κ1) is 18.3. The van der Waals surface area contributed by atoms with Crippen LogP contribution >= 0.6 is 11.6 Å². The molecular weight excluding hydrogens is 315 g/mol. The molecule has 2 aromatic rings. The lowest BCUT2D eigenvalue weighted by molar-refractivity contribution is -0.385. The lowest BCUT2D eigenvalue weighted by atomic mass is 10.0. The van der Waals surface area contributed by atoms with E-state index in [1.54, 1.807) is 0 Å². The van der Waals surface area contributed by atoms with Gasteiger partial charge >= 0.3 is 0 Å². The van der Waals surface area contributed by atoms with Crippen molar-refractivity contribution in [1.82, 2.24) is 0 Å². The van der Waals surface area contributed by atoms with Gasteiger partial charge < -0.3 is 12.4 Å². The molecule has 0 bridgehead atoms. The Morgan fingerprint density at radius 3 is 2.05 bits per heavy atom. The van der Waals surface area contributed by atoms with Gasteiger partial charge in [0, 0.05) is 5.57 Å². The van der Waals surface area contributed by atoms with E-state index in [1.165, 1.54) is 0 Å². The van der Waals surface area contributed by atoms with E-state index in [0.29, 0.717) is 11.0 Å². The molecule has 2 nitrogen and oxygen atoms in total. The van der Waals surface area contributed by atoms with Gasteiger partial charge in [-0.05, 0) is 36.6 Å². The Labute approximate surface area is 143 Å². The highest BCUT2D eigenvalue weighted by Gasteiger charge is 2.15. The Hall–Kier alpha value is -1.77. The summed E-state index contributed by atoms with van der Waals surface area (Å²) in [5, 5.41) is 0.557. The van der Waals surface area contributed by atoms with Crippen LogP contribution in [0, 0.1) is 0 Å². The van der Waals surface area contributed by atoms with Crippen LogP contribution in [0.25, 0.3) is 5.57 Å². The predicted octanol–water partition coefficient (Wildman–Crippen LogP) is -0.141. The molecule has 0 aliphatic heterocycles. The van der Waals surface area contributed by atoms with Crippen LogP contribution in [0.15, 0.2) is 65.8 Å². The van der Waals surface area contributed by atoms with Crippen molar-refractivity contribution >= 4 is 23.0 Å². The van der Waals surface area contributed by atoms with Gasteiger partial charge in [-0.25, -0.2) is 4.99 Å². The second-order valence-electron chi connectivity index (χ2n) is 5.02. The van der Waals surface area contributed by atoms with Gasteiger partial charge in [-0.3, -0.25) is 5.73 Å². The monoisotopic (exact) mass is 334 g/mol. The number of hydrogen-bond acceptors (Lipinski definition) is 0. The second kappa shape index (κ2) is 8.62. The second-order valence-corrected chi connectivity index (χ2v) is 5.40. The third-order valence-corrected chi connectivity index (χ3v) is 3.93. The van der Waals surface area contributed by atoms with Crippen molar-refractivity contribution in [3.05, 3.63) is 76.9 Å². The largest absolute Gasteiger partial charge is 1.00 e. The summed E-state index contributed by atoms with van der Waals surface area (Å²) in [6, 6.07) is 20.1. The van der Waals surface area contributed by atoms with E-state index in [1.807, 2.05) is 55.5 Å². The van der Waals surface area contributed by atoms with E-state index in [0.717, 1.165) is 16.7 Å². The Bertz CT molecular complexity index is 649. The van der Waals surface area contributed by atoms with Crippen molar-refractivity contribution in [1.29, 1.82) is 0 Å². The standard InChI is InChI=1S/C18H19ClN2.ClH/c1-13(15-9-5-3-6-10-15)17(19)21-18(20)14(2)16-11-7-4-8-12-16;/h3-12,14H,1-2H3,(H2,20,21);1H/b17-13-;. The summed E-state index contributed by atoms with van der Waals surface area (Å²) in [6.45, 7) is 4.03. The van der Waals surface area contributed by atoms with Gasteiger partial charge in [0.05, 0.1) is 5.92 Å². The average Bonchev–Trinajstić information content (AvgIpc) is 2.55. The number of nitrogens with two attached hydrogens (primary N) is 1. The van der Waals surface area contributed by atoms with Crippen molar-refractivity contribution in [2.45, 2.75) is 19.8 Å². The van der Waals surface area contributed by atoms with Crippen molar-refractivity contribution < 1.29 is 17.4 Å². The molecule has 2 rings (SSSR count). The minimum absolute atomic E-state index is 0. The number of halogens is 2. The first-order chi connectivity index (χ1) is 10.1. The molecule has 0 spiro atoms. The maximum Gasteiger partial charge on any atom is 0.253 e. The van der Waals surface area contributed by atoms with Crippen LogP contribution in [0.1, 0.15) is 30.9 Å². The number of allylic oxidation sites excluding steroid dienone is 1. The quantitative estimate of drug-likeness (QED) is 0.456. The van der Waals surface area contributed by atoms with E-state index in [4.69, 9.17) is 17.3 Å². The summed E-state index contributed by atoms with van der Waals surface area (Å²) in [6.07, 6.45) is 0. The third kappa shape index (κ3) is 4.62. The normalized spacial score (nSPS) is 13.9. The first-order valence-electron chi connectivity index (χ1n) is 6.95. The highest BCUT2D eigenvalue weighted by atomic mass is 35.5. The molecular formula is C18H20Cl2N2. The Morgan fingerprint density at radius 2 is 1.50 bits per heavy atom. The molecule has 3 N–H and O–H groups in total. The van der Waals surface area contributed by atoms with Crippen LogP contribution in [0.2, 0.25) is 0 Å². The van der Waals surface area contributed by atoms with E-state index < -0.39 is 0 Å². The van der Waals surface area contributed by atoms with Gasteiger partial charge in [0.25, 0.3) is 5.84 Å². The minimum Gasteiger partial charge on any atom is -1.00 e. The van der Waals surface area contributed by atoms with Crippen LogP contribution in [0.5, 0.6) is 0 Å². The molecule has 0 heterocycles. The Balaban J connectivity index is 0.00000242. The number of benzene rings is 2. The fraction of sp³-hybridized carbons (Fsp3) is 0.167. The smallest absolute Gasteiger partial charge is 0.253 e. The van der Waals surface area contributed by atoms with Gasteiger partial charge in [0.2, 0.25) is 0 Å². The van der Waals surface area contributed by atoms with E-state index in [2.05, 4.69) is 24.0 Å². The van der Waals surface area contributed by atoms with E-state index in [9.17, 15) is 0 Å². The van der Waals surface area contributed by atoms with Crippen LogP contribution in [0.3, 0.4) is 0 Å². The fourth-order valence-corrected chi connectivity index (χ4v) is 2.28. The zero-order valence-corrected chi connectivity index (χ0v) is 14.2. The van der Waals surface area contributed by atoms with Gasteiger partial charge in [-0.15, -0.1) is 0 Å². The fourth-order valence-electron chi connectivity index (χ4n) is 2.06. The summed E-state index contributed by atoms with van der Waals surface area (Å²) in [4.78, 5) is 3.12. The lowest BCUT2D eigenvalue weighted by Gasteiger charge is -2.07. The summed E-state index contributed by atoms with van der Waals surface area (Å²) in [5.74, 6) is 0.727. The predicted molar refractivity (Wildman–Crippen MR) is 89.9 cm³/mol. The van der Waals surface area contributed by atoms with Crippen LogP contribution in [0.4, 0.5) is 0 Å². The molecule has 1 atom stereocenters. The molecule has 0 amide bonds. The lowest BCUT2D eigenvalue weighted by Crippen LogP contribution is -3.00. The maximum absolute atomic E-state index is 6.36. The summed E-state index contributed by atoms with van der Waals surface area (Å²) >= 11 is 6.36. The van der Waals surface area contributed by atoms with Gasteiger partial charge in [0.1, 0.15) is 0 Å². The highest BCUT2D eigenvalue weighted by Crippen LogP contribution is 2.16. The molecule has 2 aromatic carbocycles. The highest BCUT2D eigenvalue weighted by molar-refractivity contribution is 6.30. The number of hydrogen-bond donors (Lipinski definition) is 2. The van der Waals surface area contributed by atoms with E-state index >= 15 is 0 Å². The number of rotatable bonds is 4. The molecule has 0 aliphatic rings. The maximum atomic E-state index is 6.36. The van der Waals surface area contributed by atoms with Crippen molar-refractivity contribution in [3.8, 4) is 0 Å². The number of nitrogens with one attached hydrogen (secondary N) is 1. The van der Waals surface area contributed by atoms with Crippen LogP contribution < -0.4 is 23.1 Å². The van der Waals surface area contributed by atoms with Crippen LogP contribution in [-0.2, 0) is 0 Å². The van der Waals surface area contributed by atoms with Crippen molar-refractivity contribution in [2.24, 2.45) is 5.73 Å². The van der Waals surface area contributed by atoms with Crippen LogP contribution in [-0.4, -0.2) is 5.84 Å². The molecule has 0 aromatic heterocycles. The third-order valence-electron chi connectivity index (χ3n) is 3.56. The molecule has 0 saturated carbocycles. The molecule has 1 unspecified atom stereocenters. The minimum atomic E-state index is 0. The average molecular weight is 335 g/mol. The van der Waals surface area contributed by atoms with E-state index in [-0.39, 0.29) is 18.3 Å². The van der Waals surface area contributed by atoms with Crippen molar-refractivity contribution in [2.75, 3.05) is 0 Å². The first-order valence-corrected chi connectivity index (χ1v) is 7.33. The van der Waals surface area contributed by atoms with Gasteiger partial charge in [-0.1, -0.05) is 60.7 Å². The number of amidine groups is 1. The molecule has 0 saturated heterocycles.